The number of benzene rings is 2. The molecule has 1 aliphatic rings. The third-order valence-corrected chi connectivity index (χ3v) is 5.42. The molecule has 2 aromatic rings. The molecule has 2 amide bonds. The lowest BCUT2D eigenvalue weighted by Crippen LogP contribution is -2.46. The molecule has 0 bridgehead atoms. The number of hydrogen-bond acceptors (Lipinski definition) is 3. The van der Waals surface area contributed by atoms with E-state index in [4.69, 9.17) is 0 Å². The van der Waals surface area contributed by atoms with E-state index < -0.39 is 6.04 Å². The van der Waals surface area contributed by atoms with Crippen molar-refractivity contribution in [1.82, 2.24) is 15.5 Å². The molecule has 5 heteroatoms. The Morgan fingerprint density at radius 3 is 2.21 bits per heavy atom. The fraction of sp³-hybridized carbons (Fsp3) is 0.391. The minimum atomic E-state index is -0.664. The van der Waals surface area contributed by atoms with E-state index in [1.807, 2.05) is 60.5 Å². The van der Waals surface area contributed by atoms with Crippen LogP contribution >= 0.6 is 0 Å². The average molecular weight is 380 g/mol. The molecular weight excluding hydrogens is 350 g/mol. The smallest absolute Gasteiger partial charge is 0.252 e. The number of carbonyl (C=O) groups excluding carboxylic acids is 2. The molecule has 1 heterocycles. The van der Waals surface area contributed by atoms with Gasteiger partial charge in [0.05, 0.1) is 0 Å². The second-order valence-electron chi connectivity index (χ2n) is 7.34. The van der Waals surface area contributed by atoms with Crippen LogP contribution in [-0.2, 0) is 4.79 Å². The summed E-state index contributed by atoms with van der Waals surface area (Å²) in [6.45, 7) is 2.51. The quantitative estimate of drug-likeness (QED) is 0.777. The van der Waals surface area contributed by atoms with E-state index in [0.29, 0.717) is 11.5 Å². The second kappa shape index (κ2) is 10.0. The fourth-order valence-electron chi connectivity index (χ4n) is 3.71. The zero-order chi connectivity index (χ0) is 19.8. The number of rotatable bonds is 7. The summed E-state index contributed by atoms with van der Waals surface area (Å²) >= 11 is 0. The van der Waals surface area contributed by atoms with E-state index in [1.54, 1.807) is 12.1 Å². The molecule has 28 heavy (non-hydrogen) atoms. The Bertz CT molecular complexity index is 756. The Hall–Kier alpha value is -2.66. The average Bonchev–Trinajstić information content (AvgIpc) is 2.77. The van der Waals surface area contributed by atoms with Crippen LogP contribution in [0, 0.1) is 5.92 Å². The summed E-state index contributed by atoms with van der Waals surface area (Å²) < 4.78 is 0. The minimum Gasteiger partial charge on any atom is -0.341 e. The first kappa shape index (κ1) is 20.1. The minimum absolute atomic E-state index is 0.0254. The van der Waals surface area contributed by atoms with Crippen molar-refractivity contribution in [3.8, 4) is 0 Å². The molecule has 148 valence electrons. The van der Waals surface area contributed by atoms with Crippen molar-refractivity contribution < 1.29 is 9.59 Å². The number of hydrogen-bond donors (Lipinski definition) is 2. The first-order chi connectivity index (χ1) is 13.7. The molecule has 0 spiro atoms. The Balaban J connectivity index is 1.71. The summed E-state index contributed by atoms with van der Waals surface area (Å²) in [5, 5.41) is 6.15. The van der Waals surface area contributed by atoms with E-state index >= 15 is 0 Å². The van der Waals surface area contributed by atoms with Gasteiger partial charge in [-0.3, -0.25) is 9.59 Å². The number of nitrogens with one attached hydrogen (secondary N) is 2. The summed E-state index contributed by atoms with van der Waals surface area (Å²) in [5.74, 6) is 0.403. The standard InChI is InChI=1S/C23H29N3O2/c1-24-15-12-18-13-16-26(17-14-18)23(28)21(19-8-4-2-5-9-19)25-22(27)20-10-6-3-7-11-20/h2-11,18,21,24H,12-17H2,1H3,(H,25,27). The number of nitrogens with zero attached hydrogens (tertiary/aromatic N) is 1. The molecule has 2 aromatic carbocycles. The number of carbonyl (C=O) groups is 2. The third kappa shape index (κ3) is 5.20. The molecule has 1 unspecified atom stereocenters. The van der Waals surface area contributed by atoms with E-state index in [9.17, 15) is 9.59 Å². The monoisotopic (exact) mass is 379 g/mol. The van der Waals surface area contributed by atoms with Gasteiger partial charge in [-0.15, -0.1) is 0 Å². The van der Waals surface area contributed by atoms with Crippen molar-refractivity contribution in [2.24, 2.45) is 5.92 Å². The topological polar surface area (TPSA) is 61.4 Å². The normalized spacial score (nSPS) is 15.8. The zero-order valence-corrected chi connectivity index (χ0v) is 16.4. The van der Waals surface area contributed by atoms with Crippen LogP contribution in [-0.4, -0.2) is 43.4 Å². The highest BCUT2D eigenvalue weighted by molar-refractivity contribution is 5.97. The lowest BCUT2D eigenvalue weighted by molar-refractivity contribution is -0.134. The Morgan fingerprint density at radius 2 is 1.61 bits per heavy atom. The van der Waals surface area contributed by atoms with Gasteiger partial charge in [0.2, 0.25) is 5.91 Å². The van der Waals surface area contributed by atoms with Crippen LogP contribution < -0.4 is 10.6 Å². The van der Waals surface area contributed by atoms with Crippen LogP contribution in [0.5, 0.6) is 0 Å². The van der Waals surface area contributed by atoms with Crippen molar-refractivity contribution in [3.63, 3.8) is 0 Å². The number of likely N-dealkylation sites (tertiary alicyclic amines) is 1. The van der Waals surface area contributed by atoms with E-state index in [2.05, 4.69) is 10.6 Å². The van der Waals surface area contributed by atoms with E-state index in [1.165, 1.54) is 0 Å². The van der Waals surface area contributed by atoms with Crippen molar-refractivity contribution >= 4 is 11.8 Å². The van der Waals surface area contributed by atoms with Crippen LogP contribution in [0.25, 0.3) is 0 Å². The summed E-state index contributed by atoms with van der Waals surface area (Å²) in [6, 6.07) is 17.9. The second-order valence-corrected chi connectivity index (χ2v) is 7.34. The first-order valence-electron chi connectivity index (χ1n) is 10.0. The van der Waals surface area contributed by atoms with Crippen molar-refractivity contribution in [3.05, 3.63) is 71.8 Å². The molecule has 0 saturated carbocycles. The van der Waals surface area contributed by atoms with Crippen LogP contribution in [0.15, 0.2) is 60.7 Å². The molecule has 3 rings (SSSR count). The highest BCUT2D eigenvalue weighted by Crippen LogP contribution is 2.24. The van der Waals surface area contributed by atoms with Gasteiger partial charge < -0.3 is 15.5 Å². The molecule has 2 N–H and O–H groups in total. The Kier molecular flexibility index (Phi) is 7.20. The van der Waals surface area contributed by atoms with Crippen molar-refractivity contribution in [1.29, 1.82) is 0 Å². The molecule has 0 aliphatic carbocycles. The molecule has 1 saturated heterocycles. The lowest BCUT2D eigenvalue weighted by atomic mass is 9.92. The van der Waals surface area contributed by atoms with Gasteiger partial charge in [-0.25, -0.2) is 0 Å². The maximum absolute atomic E-state index is 13.3. The maximum atomic E-state index is 13.3. The third-order valence-electron chi connectivity index (χ3n) is 5.42. The summed E-state index contributed by atoms with van der Waals surface area (Å²) in [7, 11) is 1.97. The van der Waals surface area contributed by atoms with Gasteiger partial charge in [0.25, 0.3) is 5.91 Å². The number of piperidine rings is 1. The zero-order valence-electron chi connectivity index (χ0n) is 16.4. The van der Waals surface area contributed by atoms with Crippen molar-refractivity contribution in [2.75, 3.05) is 26.7 Å². The van der Waals surface area contributed by atoms with Crippen LogP contribution in [0.2, 0.25) is 0 Å². The summed E-state index contributed by atoms with van der Waals surface area (Å²) in [4.78, 5) is 27.9. The van der Waals surface area contributed by atoms with Crippen LogP contribution in [0.4, 0.5) is 0 Å². The van der Waals surface area contributed by atoms with Crippen LogP contribution in [0.1, 0.15) is 41.2 Å². The van der Waals surface area contributed by atoms with Gasteiger partial charge in [-0.1, -0.05) is 48.5 Å². The fourth-order valence-corrected chi connectivity index (χ4v) is 3.71. The molecule has 1 fully saturated rings. The van der Waals surface area contributed by atoms with Crippen LogP contribution in [0.3, 0.4) is 0 Å². The maximum Gasteiger partial charge on any atom is 0.252 e. The predicted molar refractivity (Wildman–Crippen MR) is 111 cm³/mol. The van der Waals surface area contributed by atoms with E-state index in [-0.39, 0.29) is 11.8 Å². The molecule has 0 aromatic heterocycles. The van der Waals surface area contributed by atoms with Gasteiger partial charge in [0.1, 0.15) is 6.04 Å². The Morgan fingerprint density at radius 1 is 1.00 bits per heavy atom. The molecular formula is C23H29N3O2. The molecule has 5 nitrogen and oxygen atoms in total. The Labute approximate surface area is 167 Å². The molecule has 1 aliphatic heterocycles. The summed E-state index contributed by atoms with van der Waals surface area (Å²) in [6.07, 6.45) is 3.18. The summed E-state index contributed by atoms with van der Waals surface area (Å²) in [5.41, 5.74) is 1.37. The van der Waals surface area contributed by atoms with Gasteiger partial charge in [0, 0.05) is 18.7 Å². The van der Waals surface area contributed by atoms with Gasteiger partial charge in [-0.2, -0.15) is 0 Å². The van der Waals surface area contributed by atoms with Gasteiger partial charge >= 0.3 is 0 Å². The predicted octanol–water partition coefficient (Wildman–Crippen LogP) is 3.01. The largest absolute Gasteiger partial charge is 0.341 e. The molecule has 0 radical (unpaired) electrons. The number of amides is 2. The first-order valence-corrected chi connectivity index (χ1v) is 10.0. The SMILES string of the molecule is CNCCC1CCN(C(=O)C(NC(=O)c2ccccc2)c2ccccc2)CC1. The lowest BCUT2D eigenvalue weighted by Gasteiger charge is -2.34. The van der Waals surface area contributed by atoms with Crippen molar-refractivity contribution in [2.45, 2.75) is 25.3 Å². The highest BCUT2D eigenvalue weighted by Gasteiger charge is 2.30. The van der Waals surface area contributed by atoms with E-state index in [0.717, 1.165) is 44.5 Å². The van der Waals surface area contributed by atoms with Gasteiger partial charge in [0.15, 0.2) is 0 Å². The molecule has 1 atom stereocenters. The highest BCUT2D eigenvalue weighted by atomic mass is 16.2. The van der Waals surface area contributed by atoms with Gasteiger partial charge in [-0.05, 0) is 56.5 Å².